The lowest BCUT2D eigenvalue weighted by molar-refractivity contribution is -0.141. The zero-order valence-electron chi connectivity index (χ0n) is 13.3. The third kappa shape index (κ3) is 2.87. The van der Waals surface area contributed by atoms with Crippen LogP contribution in [-0.4, -0.2) is 35.8 Å². The highest BCUT2D eigenvalue weighted by atomic mass is 19.4. The van der Waals surface area contributed by atoms with Crippen molar-refractivity contribution >= 4 is 11.8 Å². The van der Waals surface area contributed by atoms with Crippen LogP contribution in [0.3, 0.4) is 0 Å². The molecule has 1 N–H and O–H groups in total. The Labute approximate surface area is 138 Å². The fourth-order valence-corrected chi connectivity index (χ4v) is 3.24. The average molecular weight is 340 g/mol. The first-order valence-corrected chi connectivity index (χ1v) is 8.02. The van der Waals surface area contributed by atoms with Gasteiger partial charge in [0.25, 0.3) is 0 Å². The summed E-state index contributed by atoms with van der Waals surface area (Å²) >= 11 is 0. The molecule has 7 heteroatoms. The van der Waals surface area contributed by atoms with E-state index < -0.39 is 23.2 Å². The van der Waals surface area contributed by atoms with Gasteiger partial charge in [-0.25, -0.2) is 0 Å². The molecule has 0 bridgehead atoms. The van der Waals surface area contributed by atoms with Crippen LogP contribution in [0.2, 0.25) is 0 Å². The maximum atomic E-state index is 13.0. The number of alkyl halides is 3. The first-order valence-electron chi connectivity index (χ1n) is 8.02. The van der Waals surface area contributed by atoms with Gasteiger partial charge in [0.15, 0.2) is 0 Å². The number of nitrogens with one attached hydrogen (secondary N) is 1. The summed E-state index contributed by atoms with van der Waals surface area (Å²) < 4.78 is 38.9. The number of rotatable bonds is 2. The molecule has 0 radical (unpaired) electrons. The van der Waals surface area contributed by atoms with Gasteiger partial charge in [0.1, 0.15) is 6.04 Å². The van der Waals surface area contributed by atoms with Gasteiger partial charge in [0, 0.05) is 13.1 Å². The van der Waals surface area contributed by atoms with E-state index in [0.717, 1.165) is 12.1 Å². The van der Waals surface area contributed by atoms with Crippen molar-refractivity contribution in [3.8, 4) is 0 Å². The molecule has 1 aliphatic heterocycles. The van der Waals surface area contributed by atoms with E-state index >= 15 is 0 Å². The van der Waals surface area contributed by atoms with Gasteiger partial charge < -0.3 is 10.2 Å². The van der Waals surface area contributed by atoms with Crippen molar-refractivity contribution in [1.82, 2.24) is 10.2 Å². The first kappa shape index (κ1) is 16.8. The SMILES string of the molecule is C[C@@H]1C(=O)NCCCN1C(=O)C1(c2cccc(C(F)(F)F)c2)CC1. The van der Waals surface area contributed by atoms with Crippen molar-refractivity contribution in [2.75, 3.05) is 13.1 Å². The van der Waals surface area contributed by atoms with Gasteiger partial charge >= 0.3 is 6.18 Å². The Morgan fingerprint density at radius 2 is 2.04 bits per heavy atom. The molecular formula is C17H19F3N2O2. The Morgan fingerprint density at radius 1 is 1.33 bits per heavy atom. The number of carbonyl (C=O) groups is 2. The second-order valence-electron chi connectivity index (χ2n) is 6.48. The van der Waals surface area contributed by atoms with Crippen LogP contribution in [0.4, 0.5) is 13.2 Å². The molecular weight excluding hydrogens is 321 g/mol. The van der Waals surface area contributed by atoms with Gasteiger partial charge in [0.05, 0.1) is 11.0 Å². The number of benzene rings is 1. The summed E-state index contributed by atoms with van der Waals surface area (Å²) in [5.41, 5.74) is -1.28. The van der Waals surface area contributed by atoms with Crippen LogP contribution in [0.5, 0.6) is 0 Å². The van der Waals surface area contributed by atoms with Crippen molar-refractivity contribution in [3.63, 3.8) is 0 Å². The maximum Gasteiger partial charge on any atom is 0.416 e. The molecule has 1 aromatic carbocycles. The number of carbonyl (C=O) groups excluding carboxylic acids is 2. The van der Waals surface area contributed by atoms with E-state index in [1.165, 1.54) is 11.0 Å². The molecule has 1 saturated heterocycles. The summed E-state index contributed by atoms with van der Waals surface area (Å²) in [6.45, 7) is 2.59. The topological polar surface area (TPSA) is 49.4 Å². The Hall–Kier alpha value is -2.05. The fourth-order valence-electron chi connectivity index (χ4n) is 3.24. The zero-order valence-corrected chi connectivity index (χ0v) is 13.3. The molecule has 2 aliphatic rings. The Balaban J connectivity index is 1.91. The van der Waals surface area contributed by atoms with Crippen molar-refractivity contribution < 1.29 is 22.8 Å². The van der Waals surface area contributed by atoms with Crippen LogP contribution in [0, 0.1) is 0 Å². The second kappa shape index (κ2) is 5.79. The molecule has 1 aromatic rings. The van der Waals surface area contributed by atoms with Crippen LogP contribution in [0.15, 0.2) is 24.3 Å². The van der Waals surface area contributed by atoms with E-state index in [9.17, 15) is 22.8 Å². The molecule has 130 valence electrons. The molecule has 4 nitrogen and oxygen atoms in total. The highest BCUT2D eigenvalue weighted by Gasteiger charge is 2.54. The van der Waals surface area contributed by atoms with Gasteiger partial charge in [-0.2, -0.15) is 13.2 Å². The maximum absolute atomic E-state index is 13.0. The van der Waals surface area contributed by atoms with E-state index in [1.807, 2.05) is 0 Å². The van der Waals surface area contributed by atoms with Gasteiger partial charge in [-0.1, -0.05) is 18.2 Å². The van der Waals surface area contributed by atoms with Crippen LogP contribution >= 0.6 is 0 Å². The Morgan fingerprint density at radius 3 is 2.67 bits per heavy atom. The van der Waals surface area contributed by atoms with Gasteiger partial charge in [0.2, 0.25) is 11.8 Å². The predicted molar refractivity (Wildman–Crippen MR) is 81.2 cm³/mol. The fraction of sp³-hybridized carbons (Fsp3) is 0.529. The predicted octanol–water partition coefficient (Wildman–Crippen LogP) is 2.47. The average Bonchev–Trinajstić information content (AvgIpc) is 3.35. The number of hydrogen-bond acceptors (Lipinski definition) is 2. The third-order valence-electron chi connectivity index (χ3n) is 4.88. The second-order valence-corrected chi connectivity index (χ2v) is 6.48. The Kier molecular flexibility index (Phi) is 4.05. The molecule has 1 heterocycles. The largest absolute Gasteiger partial charge is 0.416 e. The smallest absolute Gasteiger partial charge is 0.354 e. The van der Waals surface area contributed by atoms with E-state index in [1.54, 1.807) is 13.0 Å². The van der Waals surface area contributed by atoms with Gasteiger partial charge in [-0.3, -0.25) is 9.59 Å². The lowest BCUT2D eigenvalue weighted by atomic mass is 9.92. The lowest BCUT2D eigenvalue weighted by Gasteiger charge is -2.30. The summed E-state index contributed by atoms with van der Waals surface area (Å²) in [5.74, 6) is -0.466. The van der Waals surface area contributed by atoms with Crippen molar-refractivity contribution in [3.05, 3.63) is 35.4 Å². The summed E-state index contributed by atoms with van der Waals surface area (Å²) in [6.07, 6.45) is -2.78. The highest BCUT2D eigenvalue weighted by molar-refractivity contribution is 5.95. The molecule has 0 spiro atoms. The van der Waals surface area contributed by atoms with Crippen LogP contribution in [0.1, 0.15) is 37.3 Å². The van der Waals surface area contributed by atoms with E-state index in [4.69, 9.17) is 0 Å². The highest BCUT2D eigenvalue weighted by Crippen LogP contribution is 2.50. The molecule has 2 fully saturated rings. The minimum atomic E-state index is -4.44. The quantitative estimate of drug-likeness (QED) is 0.899. The normalized spacial score (nSPS) is 23.4. The molecule has 1 aliphatic carbocycles. The molecule has 0 unspecified atom stereocenters. The van der Waals surface area contributed by atoms with Gasteiger partial charge in [-0.05, 0) is 37.8 Å². The minimum absolute atomic E-state index is 0.222. The van der Waals surface area contributed by atoms with E-state index in [-0.39, 0.29) is 11.8 Å². The number of amides is 2. The van der Waals surface area contributed by atoms with Crippen LogP contribution in [-0.2, 0) is 21.2 Å². The molecule has 1 saturated carbocycles. The van der Waals surface area contributed by atoms with E-state index in [2.05, 4.69) is 5.32 Å². The zero-order chi connectivity index (χ0) is 17.5. The summed E-state index contributed by atoms with van der Waals surface area (Å²) in [6, 6.07) is 4.37. The summed E-state index contributed by atoms with van der Waals surface area (Å²) in [4.78, 5) is 26.5. The van der Waals surface area contributed by atoms with Crippen LogP contribution in [0.25, 0.3) is 0 Å². The third-order valence-corrected chi connectivity index (χ3v) is 4.88. The van der Waals surface area contributed by atoms with E-state index in [0.29, 0.717) is 37.9 Å². The van der Waals surface area contributed by atoms with Crippen LogP contribution < -0.4 is 5.32 Å². The molecule has 3 rings (SSSR count). The Bertz CT molecular complexity index is 668. The first-order chi connectivity index (χ1) is 11.3. The standard InChI is InChI=1S/C17H19F3N2O2/c1-11-14(23)21-8-3-9-22(11)15(24)16(6-7-16)12-4-2-5-13(10-12)17(18,19)20/h2,4-5,10-11H,3,6-9H2,1H3,(H,21,23)/t11-/m1/s1. The molecule has 2 amide bonds. The van der Waals surface area contributed by atoms with Crippen molar-refractivity contribution in [2.24, 2.45) is 0 Å². The number of nitrogens with zero attached hydrogens (tertiary/aromatic N) is 1. The molecule has 1 atom stereocenters. The van der Waals surface area contributed by atoms with Crippen molar-refractivity contribution in [2.45, 2.75) is 43.8 Å². The monoisotopic (exact) mass is 340 g/mol. The lowest BCUT2D eigenvalue weighted by Crippen LogP contribution is -2.49. The number of hydrogen-bond donors (Lipinski definition) is 1. The minimum Gasteiger partial charge on any atom is -0.354 e. The summed E-state index contributed by atoms with van der Waals surface area (Å²) in [5, 5.41) is 2.74. The number of halogens is 3. The molecule has 24 heavy (non-hydrogen) atoms. The summed E-state index contributed by atoms with van der Waals surface area (Å²) in [7, 11) is 0. The van der Waals surface area contributed by atoms with Crippen molar-refractivity contribution in [1.29, 1.82) is 0 Å². The molecule has 0 aromatic heterocycles. The van der Waals surface area contributed by atoms with Gasteiger partial charge in [-0.15, -0.1) is 0 Å².